The first kappa shape index (κ1) is 24.0. The van der Waals surface area contributed by atoms with Gasteiger partial charge in [-0.05, 0) is 31.2 Å². The van der Waals surface area contributed by atoms with E-state index in [0.29, 0.717) is 42.3 Å². The molecule has 0 fully saturated rings. The van der Waals surface area contributed by atoms with Crippen LogP contribution in [0.25, 0.3) is 0 Å². The summed E-state index contributed by atoms with van der Waals surface area (Å²) in [4.78, 5) is 12.6. The second-order valence-corrected chi connectivity index (χ2v) is 7.72. The minimum Gasteiger partial charge on any atom is -0.467 e. The molecule has 1 aromatic heterocycles. The van der Waals surface area contributed by atoms with Gasteiger partial charge in [-0.3, -0.25) is 4.79 Å². The van der Waals surface area contributed by atoms with E-state index in [1.54, 1.807) is 26.0 Å². The average molecular weight is 431 g/mol. The molecule has 28 heavy (non-hydrogen) atoms. The summed E-state index contributed by atoms with van der Waals surface area (Å²) in [7, 11) is -3.64. The normalized spacial score (nSPS) is 11.2. The number of hydrogen-bond acceptors (Lipinski definition) is 6. The van der Waals surface area contributed by atoms with Crippen molar-refractivity contribution < 1.29 is 17.6 Å². The minimum absolute atomic E-state index is 0. The second kappa shape index (κ2) is 10.5. The van der Waals surface area contributed by atoms with Crippen molar-refractivity contribution in [1.82, 2.24) is 4.31 Å². The first-order valence-corrected chi connectivity index (χ1v) is 10.3. The van der Waals surface area contributed by atoms with Crippen molar-refractivity contribution in [1.29, 1.82) is 0 Å². The minimum atomic E-state index is -3.64. The third-order valence-corrected chi connectivity index (χ3v) is 6.11. The smallest absolute Gasteiger partial charge is 0.258 e. The van der Waals surface area contributed by atoms with Gasteiger partial charge in [0.25, 0.3) is 5.91 Å². The van der Waals surface area contributed by atoms with E-state index in [9.17, 15) is 13.2 Å². The van der Waals surface area contributed by atoms with Gasteiger partial charge in [-0.25, -0.2) is 8.42 Å². The maximum Gasteiger partial charge on any atom is 0.258 e. The molecule has 0 aliphatic heterocycles. The molecule has 156 valence electrons. The number of carbonyl (C=O) groups excluding carboxylic acids is 1. The lowest BCUT2D eigenvalue weighted by Crippen LogP contribution is -2.30. The van der Waals surface area contributed by atoms with Gasteiger partial charge in [-0.15, -0.1) is 12.4 Å². The first-order chi connectivity index (χ1) is 12.9. The number of rotatable bonds is 9. The van der Waals surface area contributed by atoms with Crippen molar-refractivity contribution >= 4 is 39.7 Å². The van der Waals surface area contributed by atoms with Crippen molar-refractivity contribution in [2.75, 3.05) is 30.3 Å². The zero-order valence-electron chi connectivity index (χ0n) is 16.2. The Balaban J connectivity index is 0.00000392. The number of nitrogens with zero attached hydrogens (tertiary/aromatic N) is 1. The Morgan fingerprint density at radius 1 is 1.14 bits per heavy atom. The molecule has 2 rings (SSSR count). The fourth-order valence-corrected chi connectivity index (χ4v) is 4.13. The monoisotopic (exact) mass is 430 g/mol. The fourth-order valence-electron chi connectivity index (χ4n) is 2.65. The SMILES string of the molecule is CCNc1ccc(S(=O)(=O)N(CC)CC)cc1NC(=O)c1coc(CN)c1.Cl. The van der Waals surface area contributed by atoms with Gasteiger partial charge in [0.15, 0.2) is 0 Å². The zero-order chi connectivity index (χ0) is 20.0. The molecule has 1 heterocycles. The van der Waals surface area contributed by atoms with Gasteiger partial charge in [0.1, 0.15) is 12.0 Å². The van der Waals surface area contributed by atoms with Gasteiger partial charge >= 0.3 is 0 Å². The predicted molar refractivity (Wildman–Crippen MR) is 113 cm³/mol. The number of anilines is 2. The Labute approximate surface area is 171 Å². The lowest BCUT2D eigenvalue weighted by Gasteiger charge is -2.20. The van der Waals surface area contributed by atoms with Crippen molar-refractivity contribution in [3.05, 3.63) is 41.9 Å². The Kier molecular flexibility index (Phi) is 8.96. The van der Waals surface area contributed by atoms with Crippen LogP contribution in [0.2, 0.25) is 0 Å². The highest BCUT2D eigenvalue weighted by atomic mass is 35.5. The van der Waals surface area contributed by atoms with Crippen molar-refractivity contribution in [2.45, 2.75) is 32.2 Å². The summed E-state index contributed by atoms with van der Waals surface area (Å²) in [6, 6.07) is 6.20. The molecule has 1 amide bonds. The van der Waals surface area contributed by atoms with E-state index in [1.807, 2.05) is 6.92 Å². The summed E-state index contributed by atoms with van der Waals surface area (Å²) < 4.78 is 32.1. The molecular weight excluding hydrogens is 404 g/mol. The van der Waals surface area contributed by atoms with Crippen molar-refractivity contribution in [3.8, 4) is 0 Å². The van der Waals surface area contributed by atoms with E-state index < -0.39 is 15.9 Å². The largest absolute Gasteiger partial charge is 0.467 e. The topological polar surface area (TPSA) is 118 Å². The lowest BCUT2D eigenvalue weighted by atomic mass is 10.2. The maximum absolute atomic E-state index is 12.8. The van der Waals surface area contributed by atoms with Crippen molar-refractivity contribution in [3.63, 3.8) is 0 Å². The summed E-state index contributed by atoms with van der Waals surface area (Å²) in [5.41, 5.74) is 6.82. The molecule has 8 nitrogen and oxygen atoms in total. The Morgan fingerprint density at radius 2 is 1.82 bits per heavy atom. The van der Waals surface area contributed by atoms with Crippen LogP contribution in [-0.2, 0) is 16.6 Å². The van der Waals surface area contributed by atoms with Crippen LogP contribution in [0.4, 0.5) is 11.4 Å². The number of furan rings is 1. The highest BCUT2D eigenvalue weighted by molar-refractivity contribution is 7.89. The highest BCUT2D eigenvalue weighted by Gasteiger charge is 2.23. The van der Waals surface area contributed by atoms with Crippen LogP contribution in [0.15, 0.2) is 39.8 Å². The van der Waals surface area contributed by atoms with E-state index in [0.717, 1.165) is 0 Å². The third-order valence-electron chi connectivity index (χ3n) is 4.07. The van der Waals surface area contributed by atoms with Gasteiger partial charge < -0.3 is 20.8 Å². The van der Waals surface area contributed by atoms with Crippen molar-refractivity contribution in [2.24, 2.45) is 5.73 Å². The summed E-state index contributed by atoms with van der Waals surface area (Å²) in [6.07, 6.45) is 1.32. The average Bonchev–Trinajstić information content (AvgIpc) is 3.13. The third kappa shape index (κ3) is 5.26. The summed E-state index contributed by atoms with van der Waals surface area (Å²) in [5.74, 6) is 0.0832. The molecule has 2 aromatic rings. The van der Waals surface area contributed by atoms with E-state index >= 15 is 0 Å². The van der Waals surface area contributed by atoms with Gasteiger partial charge in [-0.2, -0.15) is 4.31 Å². The molecule has 10 heteroatoms. The van der Waals surface area contributed by atoms with Crippen LogP contribution in [0, 0.1) is 0 Å². The number of halogens is 1. The number of nitrogens with two attached hydrogens (primary N) is 1. The van der Waals surface area contributed by atoms with Gasteiger partial charge in [0.2, 0.25) is 10.0 Å². The van der Waals surface area contributed by atoms with Gasteiger partial charge in [0, 0.05) is 19.6 Å². The number of hydrogen-bond donors (Lipinski definition) is 3. The molecule has 1 aromatic carbocycles. The van der Waals surface area contributed by atoms with E-state index in [2.05, 4.69) is 10.6 Å². The van der Waals surface area contributed by atoms with Crippen LogP contribution in [0.3, 0.4) is 0 Å². The number of sulfonamides is 1. The number of amides is 1. The number of nitrogens with one attached hydrogen (secondary N) is 2. The highest BCUT2D eigenvalue weighted by Crippen LogP contribution is 2.28. The molecule has 0 saturated carbocycles. The van der Waals surface area contributed by atoms with Crippen LogP contribution in [-0.4, -0.2) is 38.3 Å². The molecule has 0 spiro atoms. The van der Waals surface area contributed by atoms with E-state index in [1.165, 1.54) is 22.7 Å². The molecular formula is C18H27ClN4O4S. The molecule has 4 N–H and O–H groups in total. The molecule has 0 unspecified atom stereocenters. The molecule has 0 bridgehead atoms. The van der Waals surface area contributed by atoms with Crippen LogP contribution < -0.4 is 16.4 Å². The molecule has 0 radical (unpaired) electrons. The second-order valence-electron chi connectivity index (χ2n) is 5.79. The van der Waals surface area contributed by atoms with E-state index in [4.69, 9.17) is 10.2 Å². The molecule has 0 atom stereocenters. The Morgan fingerprint density at radius 3 is 2.36 bits per heavy atom. The summed E-state index contributed by atoms with van der Waals surface area (Å²) in [6.45, 7) is 7.02. The van der Waals surface area contributed by atoms with Gasteiger partial charge in [-0.1, -0.05) is 13.8 Å². The maximum atomic E-state index is 12.8. The van der Waals surface area contributed by atoms with Crippen LogP contribution in [0.5, 0.6) is 0 Å². The number of carbonyl (C=O) groups is 1. The van der Waals surface area contributed by atoms with Crippen LogP contribution in [0.1, 0.15) is 36.9 Å². The summed E-state index contributed by atoms with van der Waals surface area (Å²) in [5, 5.41) is 5.87. The number of benzene rings is 1. The van der Waals surface area contributed by atoms with Gasteiger partial charge in [0.05, 0.1) is 28.4 Å². The lowest BCUT2D eigenvalue weighted by molar-refractivity contribution is 0.102. The predicted octanol–water partition coefficient (Wildman–Crippen LogP) is 2.87. The fraction of sp³-hybridized carbons (Fsp3) is 0.389. The molecule has 0 aliphatic carbocycles. The Hall–Kier alpha value is -2.07. The molecule has 0 saturated heterocycles. The van der Waals surface area contributed by atoms with Crippen LogP contribution >= 0.6 is 12.4 Å². The standard InChI is InChI=1S/C18H26N4O4S.ClH/c1-4-20-16-8-7-15(27(24,25)22(5-2)6-3)10-17(16)21-18(23)13-9-14(11-19)26-12-13;/h7-10,12,20H,4-6,11,19H2,1-3H3,(H,21,23);1H. The first-order valence-electron chi connectivity index (χ1n) is 8.84. The quantitative estimate of drug-likeness (QED) is 0.563. The Bertz CT molecular complexity index is 895. The summed E-state index contributed by atoms with van der Waals surface area (Å²) >= 11 is 0. The zero-order valence-corrected chi connectivity index (χ0v) is 17.8. The van der Waals surface area contributed by atoms with E-state index in [-0.39, 0.29) is 23.8 Å². The molecule has 0 aliphatic rings.